The molecule has 0 aliphatic carbocycles. The van der Waals surface area contributed by atoms with E-state index in [1.54, 1.807) is 23.0 Å². The molecule has 0 amide bonds. The summed E-state index contributed by atoms with van der Waals surface area (Å²) in [6, 6.07) is 25.7. The van der Waals surface area contributed by atoms with E-state index in [-0.39, 0.29) is 17.4 Å². The summed E-state index contributed by atoms with van der Waals surface area (Å²) in [4.78, 5) is 22.8. The molecule has 0 radical (unpaired) electrons. The van der Waals surface area contributed by atoms with Gasteiger partial charge in [-0.1, -0.05) is 54.6 Å². The van der Waals surface area contributed by atoms with Crippen molar-refractivity contribution in [2.75, 3.05) is 31.1 Å². The van der Waals surface area contributed by atoms with Crippen LogP contribution < -0.4 is 10.5 Å². The molecule has 1 N–H and O–H groups in total. The molecule has 3 heterocycles. The first-order valence-electron chi connectivity index (χ1n) is 12.0. The van der Waals surface area contributed by atoms with Gasteiger partial charge in [0.2, 0.25) is 0 Å². The third-order valence-electron chi connectivity index (χ3n) is 6.78. The second-order valence-corrected chi connectivity index (χ2v) is 9.01. The predicted octanol–water partition coefficient (Wildman–Crippen LogP) is 4.22. The molecule has 1 aliphatic heterocycles. The Morgan fingerprint density at radius 1 is 0.914 bits per heavy atom. The molecule has 178 valence electrons. The van der Waals surface area contributed by atoms with Crippen LogP contribution in [0.2, 0.25) is 0 Å². The fourth-order valence-electron chi connectivity index (χ4n) is 4.97. The SMILES string of the molecule is Cc1cc(O)c([C@H](c2ccccc2)N2CCN(c3ccccc3)CC2)c(=O)n1Cc1cccnc1. The maximum atomic E-state index is 13.9. The van der Waals surface area contributed by atoms with E-state index in [1.807, 2.05) is 55.5 Å². The van der Waals surface area contributed by atoms with Gasteiger partial charge in [0.1, 0.15) is 5.75 Å². The molecule has 0 bridgehead atoms. The fourth-order valence-corrected chi connectivity index (χ4v) is 4.97. The Morgan fingerprint density at radius 3 is 2.26 bits per heavy atom. The maximum absolute atomic E-state index is 13.9. The highest BCUT2D eigenvalue weighted by molar-refractivity contribution is 5.47. The van der Waals surface area contributed by atoms with Crippen molar-refractivity contribution in [2.45, 2.75) is 19.5 Å². The number of hydrogen-bond acceptors (Lipinski definition) is 5. The largest absolute Gasteiger partial charge is 0.507 e. The summed E-state index contributed by atoms with van der Waals surface area (Å²) in [6.07, 6.45) is 3.50. The number of aromatic nitrogens is 2. The molecule has 4 aromatic rings. The van der Waals surface area contributed by atoms with Gasteiger partial charge < -0.3 is 14.6 Å². The molecule has 5 rings (SSSR count). The number of para-hydroxylation sites is 1. The molecule has 2 aromatic heterocycles. The molecule has 2 aromatic carbocycles. The monoisotopic (exact) mass is 466 g/mol. The van der Waals surface area contributed by atoms with E-state index in [1.165, 1.54) is 5.69 Å². The molecule has 1 atom stereocenters. The van der Waals surface area contributed by atoms with E-state index in [9.17, 15) is 9.90 Å². The minimum absolute atomic E-state index is 0.0503. The van der Waals surface area contributed by atoms with Crippen LogP contribution in [0.3, 0.4) is 0 Å². The first kappa shape index (κ1) is 22.9. The van der Waals surface area contributed by atoms with Crippen molar-refractivity contribution in [2.24, 2.45) is 0 Å². The maximum Gasteiger partial charge on any atom is 0.259 e. The van der Waals surface area contributed by atoms with Gasteiger partial charge in [0.15, 0.2) is 0 Å². The van der Waals surface area contributed by atoms with Crippen molar-refractivity contribution < 1.29 is 5.11 Å². The van der Waals surface area contributed by atoms with E-state index in [0.717, 1.165) is 43.0 Å². The average molecular weight is 467 g/mol. The summed E-state index contributed by atoms with van der Waals surface area (Å²) in [7, 11) is 0. The Labute approximate surface area is 205 Å². The molecular formula is C29H30N4O2. The lowest BCUT2D eigenvalue weighted by molar-refractivity contribution is 0.207. The number of pyridine rings is 2. The van der Waals surface area contributed by atoms with Crippen molar-refractivity contribution in [1.29, 1.82) is 0 Å². The molecule has 0 spiro atoms. The third kappa shape index (κ3) is 4.84. The van der Waals surface area contributed by atoms with Crippen LogP contribution in [0.5, 0.6) is 5.75 Å². The number of rotatable bonds is 6. The van der Waals surface area contributed by atoms with Gasteiger partial charge in [-0.15, -0.1) is 0 Å². The minimum atomic E-state index is -0.331. The first-order chi connectivity index (χ1) is 17.1. The summed E-state index contributed by atoms with van der Waals surface area (Å²) in [5, 5.41) is 11.1. The Bertz CT molecular complexity index is 1320. The van der Waals surface area contributed by atoms with E-state index in [4.69, 9.17) is 0 Å². The van der Waals surface area contributed by atoms with Crippen LogP contribution in [0.1, 0.15) is 28.4 Å². The number of benzene rings is 2. The van der Waals surface area contributed by atoms with Crippen molar-refractivity contribution in [1.82, 2.24) is 14.5 Å². The van der Waals surface area contributed by atoms with Gasteiger partial charge in [0.05, 0.1) is 18.2 Å². The van der Waals surface area contributed by atoms with Gasteiger partial charge in [-0.05, 0) is 42.3 Å². The number of hydrogen-bond donors (Lipinski definition) is 1. The summed E-state index contributed by atoms with van der Waals surface area (Å²) in [5.41, 5.74) is 4.15. The van der Waals surface area contributed by atoms with Gasteiger partial charge in [0.25, 0.3) is 5.56 Å². The highest BCUT2D eigenvalue weighted by atomic mass is 16.3. The molecule has 1 fully saturated rings. The zero-order valence-corrected chi connectivity index (χ0v) is 19.9. The number of aryl methyl sites for hydroxylation is 1. The Morgan fingerprint density at radius 2 is 1.60 bits per heavy atom. The summed E-state index contributed by atoms with van der Waals surface area (Å²) in [6.45, 7) is 5.54. The van der Waals surface area contributed by atoms with Gasteiger partial charge in [-0.25, -0.2) is 0 Å². The van der Waals surface area contributed by atoms with Crippen LogP contribution in [-0.2, 0) is 6.54 Å². The smallest absolute Gasteiger partial charge is 0.259 e. The van der Waals surface area contributed by atoms with Gasteiger partial charge in [-0.3, -0.25) is 14.7 Å². The van der Waals surface area contributed by atoms with Crippen molar-refractivity contribution in [3.05, 3.63) is 124 Å². The molecular weight excluding hydrogens is 436 g/mol. The number of anilines is 1. The van der Waals surface area contributed by atoms with Gasteiger partial charge in [0, 0.05) is 50.0 Å². The van der Waals surface area contributed by atoms with Crippen LogP contribution in [-0.4, -0.2) is 45.7 Å². The normalized spacial score (nSPS) is 15.2. The molecule has 6 nitrogen and oxygen atoms in total. The lowest BCUT2D eigenvalue weighted by Gasteiger charge is -2.40. The van der Waals surface area contributed by atoms with E-state index >= 15 is 0 Å². The van der Waals surface area contributed by atoms with E-state index in [0.29, 0.717) is 12.1 Å². The average Bonchev–Trinajstić information content (AvgIpc) is 2.91. The minimum Gasteiger partial charge on any atom is -0.507 e. The van der Waals surface area contributed by atoms with Crippen LogP contribution >= 0.6 is 0 Å². The second kappa shape index (κ2) is 10.2. The van der Waals surface area contributed by atoms with E-state index < -0.39 is 0 Å². The fraction of sp³-hybridized carbons (Fsp3) is 0.241. The zero-order chi connectivity index (χ0) is 24.2. The third-order valence-corrected chi connectivity index (χ3v) is 6.78. The molecule has 6 heteroatoms. The molecule has 0 saturated carbocycles. The summed E-state index contributed by atoms with van der Waals surface area (Å²) < 4.78 is 1.74. The van der Waals surface area contributed by atoms with Gasteiger partial charge in [-0.2, -0.15) is 0 Å². The molecule has 1 saturated heterocycles. The van der Waals surface area contributed by atoms with Crippen LogP contribution in [0.15, 0.2) is 96.1 Å². The van der Waals surface area contributed by atoms with Crippen LogP contribution in [0, 0.1) is 6.92 Å². The molecule has 0 unspecified atom stereocenters. The Balaban J connectivity index is 1.52. The highest BCUT2D eigenvalue weighted by Crippen LogP contribution is 2.33. The lowest BCUT2D eigenvalue weighted by atomic mass is 9.96. The van der Waals surface area contributed by atoms with Crippen LogP contribution in [0.25, 0.3) is 0 Å². The summed E-state index contributed by atoms with van der Waals surface area (Å²) in [5.74, 6) is 0.0503. The lowest BCUT2D eigenvalue weighted by Crippen LogP contribution is -2.49. The zero-order valence-electron chi connectivity index (χ0n) is 19.9. The van der Waals surface area contributed by atoms with Crippen LogP contribution in [0.4, 0.5) is 5.69 Å². The summed E-state index contributed by atoms with van der Waals surface area (Å²) >= 11 is 0. The number of aromatic hydroxyl groups is 1. The highest BCUT2D eigenvalue weighted by Gasteiger charge is 2.31. The van der Waals surface area contributed by atoms with Crippen molar-refractivity contribution in [3.63, 3.8) is 0 Å². The second-order valence-electron chi connectivity index (χ2n) is 9.01. The molecule has 1 aliphatic rings. The van der Waals surface area contributed by atoms with Crippen molar-refractivity contribution >= 4 is 5.69 Å². The Kier molecular flexibility index (Phi) is 6.64. The Hall–Kier alpha value is -3.90. The standard InChI is InChI=1S/C29H30N4O2/c1-22-19-26(34)27(29(35)33(22)21-23-9-8-14-30-20-23)28(24-10-4-2-5-11-24)32-17-15-31(16-18-32)25-12-6-3-7-13-25/h2-14,19-20,28,34H,15-18,21H2,1H3/t28-/m0/s1. The number of piperazine rings is 1. The first-order valence-corrected chi connectivity index (χ1v) is 12.0. The topological polar surface area (TPSA) is 61.6 Å². The van der Waals surface area contributed by atoms with Crippen molar-refractivity contribution in [3.8, 4) is 5.75 Å². The number of nitrogens with zero attached hydrogens (tertiary/aromatic N) is 4. The molecule has 35 heavy (non-hydrogen) atoms. The van der Waals surface area contributed by atoms with Gasteiger partial charge >= 0.3 is 0 Å². The predicted molar refractivity (Wildman–Crippen MR) is 139 cm³/mol. The van der Waals surface area contributed by atoms with E-state index in [2.05, 4.69) is 39.0 Å². The quantitative estimate of drug-likeness (QED) is 0.461.